The summed E-state index contributed by atoms with van der Waals surface area (Å²) in [6, 6.07) is 12.9. The van der Waals surface area contributed by atoms with Gasteiger partial charge in [0.15, 0.2) is 0 Å². The zero-order valence-electron chi connectivity index (χ0n) is 14.7. The van der Waals surface area contributed by atoms with Gasteiger partial charge in [0.2, 0.25) is 5.95 Å². The smallest absolute Gasteiger partial charge is 0.270 e. The van der Waals surface area contributed by atoms with E-state index in [4.69, 9.17) is 9.15 Å². The van der Waals surface area contributed by atoms with Crippen molar-refractivity contribution in [1.82, 2.24) is 15.3 Å². The lowest BCUT2D eigenvalue weighted by atomic mass is 10.2. The van der Waals surface area contributed by atoms with E-state index in [1.807, 2.05) is 31.2 Å². The van der Waals surface area contributed by atoms with E-state index in [-0.39, 0.29) is 5.91 Å². The average Bonchev–Trinajstić information content (AvgIpc) is 3.18. The zero-order chi connectivity index (χ0) is 18.4. The Hall–Kier alpha value is -3.35. The molecule has 0 fully saturated rings. The summed E-state index contributed by atoms with van der Waals surface area (Å²) in [5.74, 6) is 1.56. The fourth-order valence-corrected chi connectivity index (χ4v) is 2.46. The second-order valence-corrected chi connectivity index (χ2v) is 5.65. The Morgan fingerprint density at radius 1 is 1.15 bits per heavy atom. The number of amides is 1. The number of rotatable bonds is 7. The van der Waals surface area contributed by atoms with Crippen LogP contribution in [0.5, 0.6) is 5.75 Å². The van der Waals surface area contributed by atoms with Crippen LogP contribution in [-0.4, -0.2) is 23.0 Å². The van der Waals surface area contributed by atoms with Gasteiger partial charge >= 0.3 is 0 Å². The molecule has 0 aliphatic rings. The number of nitrogens with one attached hydrogen (secondary N) is 2. The SMILES string of the molecule is COc1ccccc1CNc1nc(C)cc(C(=O)NCc2ccco2)n1. The van der Waals surface area contributed by atoms with Gasteiger partial charge in [-0.25, -0.2) is 9.97 Å². The first-order valence-corrected chi connectivity index (χ1v) is 8.18. The first-order chi connectivity index (χ1) is 12.7. The van der Waals surface area contributed by atoms with Gasteiger partial charge in [-0.3, -0.25) is 4.79 Å². The van der Waals surface area contributed by atoms with Gasteiger partial charge in [0.1, 0.15) is 17.2 Å². The van der Waals surface area contributed by atoms with E-state index in [2.05, 4.69) is 20.6 Å². The van der Waals surface area contributed by atoms with E-state index in [9.17, 15) is 4.79 Å². The number of aryl methyl sites for hydroxylation is 1. The van der Waals surface area contributed by atoms with Crippen molar-refractivity contribution >= 4 is 11.9 Å². The van der Waals surface area contributed by atoms with Gasteiger partial charge in [-0.15, -0.1) is 0 Å². The van der Waals surface area contributed by atoms with Crippen molar-refractivity contribution in [2.45, 2.75) is 20.0 Å². The quantitative estimate of drug-likeness (QED) is 0.680. The van der Waals surface area contributed by atoms with Crippen molar-refractivity contribution < 1.29 is 13.9 Å². The van der Waals surface area contributed by atoms with E-state index in [1.165, 1.54) is 0 Å². The number of carbonyl (C=O) groups excluding carboxylic acids is 1. The summed E-state index contributed by atoms with van der Waals surface area (Å²) >= 11 is 0. The second-order valence-electron chi connectivity index (χ2n) is 5.65. The van der Waals surface area contributed by atoms with Gasteiger partial charge in [0.25, 0.3) is 5.91 Å². The lowest BCUT2D eigenvalue weighted by molar-refractivity contribution is 0.0943. The third kappa shape index (κ3) is 4.38. The van der Waals surface area contributed by atoms with Crippen LogP contribution in [0.25, 0.3) is 0 Å². The molecule has 2 N–H and O–H groups in total. The number of aromatic nitrogens is 2. The minimum Gasteiger partial charge on any atom is -0.496 e. The molecule has 0 bridgehead atoms. The number of benzene rings is 1. The Bertz CT molecular complexity index is 878. The minimum atomic E-state index is -0.285. The number of hydrogen-bond donors (Lipinski definition) is 2. The summed E-state index contributed by atoms with van der Waals surface area (Å²) in [4.78, 5) is 21.0. The number of anilines is 1. The van der Waals surface area contributed by atoms with Crippen LogP contribution in [0, 0.1) is 6.92 Å². The summed E-state index contributed by atoms with van der Waals surface area (Å²) in [6.45, 7) is 2.61. The molecular weight excluding hydrogens is 332 g/mol. The average molecular weight is 352 g/mol. The summed E-state index contributed by atoms with van der Waals surface area (Å²) in [5.41, 5.74) is 1.97. The molecule has 0 spiro atoms. The third-order valence-electron chi connectivity index (χ3n) is 3.72. The first-order valence-electron chi connectivity index (χ1n) is 8.18. The summed E-state index contributed by atoms with van der Waals surface area (Å²) in [7, 11) is 1.63. The molecule has 1 aromatic carbocycles. The fourth-order valence-electron chi connectivity index (χ4n) is 2.46. The molecule has 3 aromatic rings. The maximum absolute atomic E-state index is 12.3. The normalized spacial score (nSPS) is 10.4. The predicted octanol–water partition coefficient (Wildman–Crippen LogP) is 2.93. The fraction of sp³-hybridized carbons (Fsp3) is 0.211. The zero-order valence-corrected chi connectivity index (χ0v) is 14.7. The number of ether oxygens (including phenoxy) is 1. The van der Waals surface area contributed by atoms with E-state index in [0.29, 0.717) is 36.2 Å². The van der Waals surface area contributed by atoms with Crippen molar-refractivity contribution in [2.24, 2.45) is 0 Å². The molecule has 0 radical (unpaired) electrons. The van der Waals surface area contributed by atoms with Crippen LogP contribution in [0.3, 0.4) is 0 Å². The highest BCUT2D eigenvalue weighted by Crippen LogP contribution is 2.18. The van der Waals surface area contributed by atoms with Gasteiger partial charge in [-0.1, -0.05) is 18.2 Å². The molecule has 0 saturated heterocycles. The molecule has 0 unspecified atom stereocenters. The van der Waals surface area contributed by atoms with Crippen LogP contribution < -0.4 is 15.4 Å². The predicted molar refractivity (Wildman–Crippen MR) is 97.0 cm³/mol. The van der Waals surface area contributed by atoms with E-state index in [1.54, 1.807) is 31.6 Å². The topological polar surface area (TPSA) is 89.3 Å². The standard InChI is InChI=1S/C19H20N4O3/c1-13-10-16(18(24)20-12-15-7-5-9-26-15)23-19(22-13)21-11-14-6-3-4-8-17(14)25-2/h3-10H,11-12H2,1-2H3,(H,20,24)(H,21,22,23). The molecule has 7 nitrogen and oxygen atoms in total. The maximum atomic E-state index is 12.3. The molecule has 26 heavy (non-hydrogen) atoms. The van der Waals surface area contributed by atoms with Crippen molar-refractivity contribution in [3.8, 4) is 5.75 Å². The monoisotopic (exact) mass is 352 g/mol. The van der Waals surface area contributed by atoms with Crippen LogP contribution >= 0.6 is 0 Å². The molecule has 2 aromatic heterocycles. The highest BCUT2D eigenvalue weighted by atomic mass is 16.5. The van der Waals surface area contributed by atoms with Crippen LogP contribution in [0.1, 0.15) is 27.5 Å². The van der Waals surface area contributed by atoms with Gasteiger partial charge in [0, 0.05) is 17.8 Å². The van der Waals surface area contributed by atoms with Crippen LogP contribution in [0.4, 0.5) is 5.95 Å². The van der Waals surface area contributed by atoms with Crippen molar-refractivity contribution in [2.75, 3.05) is 12.4 Å². The number of para-hydroxylation sites is 1. The number of hydrogen-bond acceptors (Lipinski definition) is 6. The molecule has 3 rings (SSSR count). The Labute approximate surface area is 151 Å². The molecular formula is C19H20N4O3. The van der Waals surface area contributed by atoms with Crippen LogP contribution in [-0.2, 0) is 13.1 Å². The van der Waals surface area contributed by atoms with E-state index in [0.717, 1.165) is 11.3 Å². The lowest BCUT2D eigenvalue weighted by Crippen LogP contribution is -2.24. The summed E-state index contributed by atoms with van der Waals surface area (Å²) in [6.07, 6.45) is 1.57. The molecule has 0 aliphatic carbocycles. The van der Waals surface area contributed by atoms with Gasteiger partial charge in [0.05, 0.1) is 19.9 Å². The molecule has 0 saturated carbocycles. The highest BCUT2D eigenvalue weighted by Gasteiger charge is 2.11. The molecule has 134 valence electrons. The van der Waals surface area contributed by atoms with Crippen molar-refractivity contribution in [1.29, 1.82) is 0 Å². The Kier molecular flexibility index (Phi) is 5.48. The number of carbonyl (C=O) groups is 1. The lowest BCUT2D eigenvalue weighted by Gasteiger charge is -2.11. The minimum absolute atomic E-state index is 0.285. The Balaban J connectivity index is 1.68. The Morgan fingerprint density at radius 2 is 2.00 bits per heavy atom. The van der Waals surface area contributed by atoms with E-state index >= 15 is 0 Å². The Morgan fingerprint density at radius 3 is 2.77 bits per heavy atom. The highest BCUT2D eigenvalue weighted by molar-refractivity contribution is 5.92. The third-order valence-corrected chi connectivity index (χ3v) is 3.72. The second kappa shape index (κ2) is 8.15. The molecule has 1 amide bonds. The molecule has 0 atom stereocenters. The number of methoxy groups -OCH3 is 1. The van der Waals surface area contributed by atoms with Gasteiger partial charge < -0.3 is 19.8 Å². The molecule has 0 aliphatic heterocycles. The molecule has 2 heterocycles. The summed E-state index contributed by atoms with van der Waals surface area (Å²) < 4.78 is 10.5. The van der Waals surface area contributed by atoms with Gasteiger partial charge in [-0.05, 0) is 31.2 Å². The van der Waals surface area contributed by atoms with Gasteiger partial charge in [-0.2, -0.15) is 0 Å². The number of furan rings is 1. The van der Waals surface area contributed by atoms with Crippen molar-refractivity contribution in [3.63, 3.8) is 0 Å². The first kappa shape index (κ1) is 17.5. The summed E-state index contributed by atoms with van der Waals surface area (Å²) in [5, 5.41) is 5.92. The van der Waals surface area contributed by atoms with Crippen LogP contribution in [0.15, 0.2) is 53.1 Å². The van der Waals surface area contributed by atoms with Crippen LogP contribution in [0.2, 0.25) is 0 Å². The molecule has 7 heteroatoms. The largest absolute Gasteiger partial charge is 0.496 e. The number of nitrogens with zero attached hydrogens (tertiary/aromatic N) is 2. The van der Waals surface area contributed by atoms with E-state index < -0.39 is 0 Å². The van der Waals surface area contributed by atoms with Crippen molar-refractivity contribution in [3.05, 3.63) is 71.4 Å². The maximum Gasteiger partial charge on any atom is 0.270 e.